The highest BCUT2D eigenvalue weighted by Crippen LogP contribution is 2.37. The number of carbonyl (C=O) groups excluding carboxylic acids is 2. The molecule has 0 aromatic heterocycles. The zero-order chi connectivity index (χ0) is 27.0. The van der Waals surface area contributed by atoms with Crippen LogP contribution in [-0.2, 0) is 32.2 Å². The lowest BCUT2D eigenvalue weighted by atomic mass is 10.1. The molecule has 1 aliphatic heterocycles. The first kappa shape index (κ1) is 26.5. The standard InChI is InChI=1S/C25H20ClF3N2O5S/c1-15-11-16-5-2-3-8-22(16)31(15)37(34,35)19-7-4-6-17(12-19)24(33)36-14-23(32)30-21-10-9-18(26)13-20(21)25(27,28)29/h2-10,12-13,15H,11,14H2,1H3,(H,30,32). The van der Waals surface area contributed by atoms with Crippen LogP contribution in [-0.4, -0.2) is 32.9 Å². The Morgan fingerprint density at radius 2 is 1.81 bits per heavy atom. The summed E-state index contributed by atoms with van der Waals surface area (Å²) < 4.78 is 72.7. The number of nitrogens with one attached hydrogen (secondary N) is 1. The molecule has 0 saturated heterocycles. The van der Waals surface area contributed by atoms with Crippen molar-refractivity contribution in [2.75, 3.05) is 16.2 Å². The van der Waals surface area contributed by atoms with Gasteiger partial charge in [0.05, 0.1) is 27.4 Å². The lowest BCUT2D eigenvalue weighted by Crippen LogP contribution is -2.35. The number of alkyl halides is 3. The van der Waals surface area contributed by atoms with Crippen LogP contribution in [0.15, 0.2) is 71.6 Å². The summed E-state index contributed by atoms with van der Waals surface area (Å²) in [4.78, 5) is 24.6. The van der Waals surface area contributed by atoms with Crippen molar-refractivity contribution < 1.29 is 35.9 Å². The molecule has 1 heterocycles. The van der Waals surface area contributed by atoms with Crippen LogP contribution in [0.1, 0.15) is 28.4 Å². The molecule has 0 bridgehead atoms. The highest BCUT2D eigenvalue weighted by molar-refractivity contribution is 7.92. The molecule has 1 aliphatic rings. The Labute approximate surface area is 215 Å². The first-order chi connectivity index (χ1) is 17.4. The smallest absolute Gasteiger partial charge is 0.418 e. The van der Waals surface area contributed by atoms with Crippen LogP contribution in [0, 0.1) is 0 Å². The fraction of sp³-hybridized carbons (Fsp3) is 0.200. The number of rotatable bonds is 6. The highest BCUT2D eigenvalue weighted by Gasteiger charge is 2.36. The van der Waals surface area contributed by atoms with E-state index in [2.05, 4.69) is 0 Å². The molecule has 0 fully saturated rings. The number of anilines is 2. The second-order valence-electron chi connectivity index (χ2n) is 8.32. The van der Waals surface area contributed by atoms with Crippen molar-refractivity contribution in [2.24, 2.45) is 0 Å². The van der Waals surface area contributed by atoms with E-state index in [1.807, 2.05) is 17.4 Å². The maximum atomic E-state index is 13.4. The number of halogens is 4. The van der Waals surface area contributed by atoms with Crippen LogP contribution < -0.4 is 9.62 Å². The number of ether oxygens (including phenoxy) is 1. The van der Waals surface area contributed by atoms with Gasteiger partial charge in [0, 0.05) is 11.1 Å². The van der Waals surface area contributed by atoms with E-state index in [0.717, 1.165) is 17.7 Å². The van der Waals surface area contributed by atoms with Crippen LogP contribution in [0.4, 0.5) is 24.5 Å². The van der Waals surface area contributed by atoms with E-state index < -0.39 is 45.9 Å². The maximum absolute atomic E-state index is 13.4. The van der Waals surface area contributed by atoms with Gasteiger partial charge >= 0.3 is 12.1 Å². The fourth-order valence-corrected chi connectivity index (χ4v) is 5.97. The van der Waals surface area contributed by atoms with E-state index in [4.69, 9.17) is 16.3 Å². The third-order valence-corrected chi connectivity index (χ3v) is 7.83. The first-order valence-electron chi connectivity index (χ1n) is 10.9. The molecule has 37 heavy (non-hydrogen) atoms. The van der Waals surface area contributed by atoms with Crippen molar-refractivity contribution in [3.05, 3.63) is 88.4 Å². The molecule has 1 atom stereocenters. The van der Waals surface area contributed by atoms with Crippen molar-refractivity contribution in [3.8, 4) is 0 Å². The Balaban J connectivity index is 1.47. The molecule has 0 spiro atoms. The number of hydrogen-bond acceptors (Lipinski definition) is 5. The molecule has 1 unspecified atom stereocenters. The Kier molecular flexibility index (Phi) is 7.20. The number of hydrogen-bond donors (Lipinski definition) is 1. The quantitative estimate of drug-likeness (QED) is 0.419. The Morgan fingerprint density at radius 1 is 1.08 bits per heavy atom. The Bertz CT molecular complexity index is 1480. The van der Waals surface area contributed by atoms with E-state index in [-0.39, 0.29) is 21.5 Å². The second-order valence-corrected chi connectivity index (χ2v) is 10.6. The number of fused-ring (bicyclic) bond motifs is 1. The minimum atomic E-state index is -4.77. The second kappa shape index (κ2) is 10.1. The minimum absolute atomic E-state index is 0.142. The topological polar surface area (TPSA) is 92.8 Å². The molecule has 194 valence electrons. The normalized spacial score (nSPS) is 15.3. The van der Waals surface area contributed by atoms with Gasteiger partial charge in [0.15, 0.2) is 6.61 Å². The number of nitrogens with zero attached hydrogens (tertiary/aromatic N) is 1. The van der Waals surface area contributed by atoms with Gasteiger partial charge in [-0.3, -0.25) is 9.10 Å². The van der Waals surface area contributed by atoms with E-state index in [0.29, 0.717) is 18.2 Å². The number of carbonyl (C=O) groups is 2. The van der Waals surface area contributed by atoms with E-state index in [1.54, 1.807) is 19.1 Å². The third kappa shape index (κ3) is 5.57. The van der Waals surface area contributed by atoms with Crippen LogP contribution in [0.2, 0.25) is 5.02 Å². The molecule has 0 saturated carbocycles. The summed E-state index contributed by atoms with van der Waals surface area (Å²) >= 11 is 5.62. The monoisotopic (exact) mass is 552 g/mol. The summed E-state index contributed by atoms with van der Waals surface area (Å²) in [6, 6.07) is 14.7. The lowest BCUT2D eigenvalue weighted by Gasteiger charge is -2.24. The predicted octanol–water partition coefficient (Wildman–Crippen LogP) is 5.29. The molecule has 1 N–H and O–H groups in total. The third-order valence-electron chi connectivity index (χ3n) is 5.67. The van der Waals surface area contributed by atoms with Gasteiger partial charge in [0.1, 0.15) is 0 Å². The van der Waals surface area contributed by atoms with Crippen molar-refractivity contribution in [2.45, 2.75) is 30.5 Å². The van der Waals surface area contributed by atoms with Crippen molar-refractivity contribution >= 4 is 44.9 Å². The van der Waals surface area contributed by atoms with Gasteiger partial charge in [-0.05, 0) is 61.4 Å². The number of esters is 1. The zero-order valence-electron chi connectivity index (χ0n) is 19.3. The van der Waals surface area contributed by atoms with Gasteiger partial charge in [-0.2, -0.15) is 13.2 Å². The average molecular weight is 553 g/mol. The predicted molar refractivity (Wildman–Crippen MR) is 131 cm³/mol. The van der Waals surface area contributed by atoms with Gasteiger partial charge < -0.3 is 10.1 Å². The van der Waals surface area contributed by atoms with Gasteiger partial charge in [-0.25, -0.2) is 13.2 Å². The summed E-state index contributed by atoms with van der Waals surface area (Å²) in [5.74, 6) is -2.04. The van der Waals surface area contributed by atoms with E-state index in [9.17, 15) is 31.2 Å². The van der Waals surface area contributed by atoms with Crippen LogP contribution in [0.25, 0.3) is 0 Å². The Morgan fingerprint density at radius 3 is 2.54 bits per heavy atom. The average Bonchev–Trinajstić information content (AvgIpc) is 3.19. The number of benzene rings is 3. The largest absolute Gasteiger partial charge is 0.452 e. The van der Waals surface area contributed by atoms with Crippen LogP contribution in [0.5, 0.6) is 0 Å². The van der Waals surface area contributed by atoms with Crippen LogP contribution >= 0.6 is 11.6 Å². The van der Waals surface area contributed by atoms with Crippen molar-refractivity contribution in [1.29, 1.82) is 0 Å². The summed E-state index contributed by atoms with van der Waals surface area (Å²) in [6.07, 6.45) is -4.24. The number of sulfonamides is 1. The molecule has 0 aliphatic carbocycles. The van der Waals surface area contributed by atoms with E-state index >= 15 is 0 Å². The van der Waals surface area contributed by atoms with Crippen molar-refractivity contribution in [3.63, 3.8) is 0 Å². The van der Waals surface area contributed by atoms with Crippen LogP contribution in [0.3, 0.4) is 0 Å². The van der Waals surface area contributed by atoms with E-state index in [1.165, 1.54) is 28.6 Å². The minimum Gasteiger partial charge on any atom is -0.452 e. The Hall–Kier alpha value is -3.57. The summed E-state index contributed by atoms with van der Waals surface area (Å²) in [5, 5.41) is 1.87. The van der Waals surface area contributed by atoms with Gasteiger partial charge in [0.2, 0.25) is 0 Å². The van der Waals surface area contributed by atoms with Gasteiger partial charge in [-0.15, -0.1) is 0 Å². The molecule has 4 rings (SSSR count). The molecule has 3 aromatic rings. The zero-order valence-corrected chi connectivity index (χ0v) is 20.8. The number of para-hydroxylation sites is 1. The summed E-state index contributed by atoms with van der Waals surface area (Å²) in [5.41, 5.74) is -0.410. The summed E-state index contributed by atoms with van der Waals surface area (Å²) in [6.45, 7) is 0.880. The SMILES string of the molecule is CC1Cc2ccccc2N1S(=O)(=O)c1cccc(C(=O)OCC(=O)Nc2ccc(Cl)cc2C(F)(F)F)c1. The fourth-order valence-electron chi connectivity index (χ4n) is 4.06. The van der Waals surface area contributed by atoms with Gasteiger partial charge in [-0.1, -0.05) is 35.9 Å². The highest BCUT2D eigenvalue weighted by atomic mass is 35.5. The molecule has 1 amide bonds. The number of amides is 1. The maximum Gasteiger partial charge on any atom is 0.418 e. The van der Waals surface area contributed by atoms with Gasteiger partial charge in [0.25, 0.3) is 15.9 Å². The lowest BCUT2D eigenvalue weighted by molar-refractivity contribution is -0.137. The molecular formula is C25H20ClF3N2O5S. The van der Waals surface area contributed by atoms with Crippen molar-refractivity contribution in [1.82, 2.24) is 0 Å². The molecule has 0 radical (unpaired) electrons. The first-order valence-corrected chi connectivity index (χ1v) is 12.8. The molecular weight excluding hydrogens is 533 g/mol. The molecule has 7 nitrogen and oxygen atoms in total. The molecule has 12 heteroatoms. The molecule has 3 aromatic carbocycles. The summed E-state index contributed by atoms with van der Waals surface area (Å²) in [7, 11) is -4.02.